The molecule has 0 bridgehead atoms. The Bertz CT molecular complexity index is 847. The fourth-order valence-electron chi connectivity index (χ4n) is 9.15. The fourth-order valence-corrected chi connectivity index (χ4v) is 9.53. The third-order valence-electron chi connectivity index (χ3n) is 11.1. The molecule has 0 spiro atoms. The number of hydrogen-bond donors (Lipinski definition) is 5. The highest BCUT2D eigenvalue weighted by molar-refractivity contribution is 6.20. The molecule has 0 aromatic rings. The highest BCUT2D eigenvalue weighted by atomic mass is 35.5. The van der Waals surface area contributed by atoms with Crippen LogP contribution < -0.4 is 27.4 Å². The first-order chi connectivity index (χ1) is 17.8. The minimum absolute atomic E-state index is 0.00887. The summed E-state index contributed by atoms with van der Waals surface area (Å²) in [5.74, 6) is -0.448. The van der Waals surface area contributed by atoms with Crippen LogP contribution in [0.1, 0.15) is 44.9 Å². The van der Waals surface area contributed by atoms with E-state index in [2.05, 4.69) is 37.7 Å². The van der Waals surface area contributed by atoms with E-state index in [4.69, 9.17) is 23.1 Å². The lowest BCUT2D eigenvalue weighted by Crippen LogP contribution is -2.68. The van der Waals surface area contributed by atoms with Crippen LogP contribution in [0.15, 0.2) is 0 Å². The first-order valence-corrected chi connectivity index (χ1v) is 15.3. The van der Waals surface area contributed by atoms with Crippen molar-refractivity contribution in [1.82, 2.24) is 30.7 Å². The Hall–Kier alpha value is -0.520. The summed E-state index contributed by atoms with van der Waals surface area (Å²) in [6.07, 6.45) is 7.51. The molecule has 6 rings (SSSR count). The van der Waals surface area contributed by atoms with Crippen LogP contribution in [0.3, 0.4) is 0 Å². The molecule has 1 amide bonds. The molecule has 0 radical (unpaired) electrons. The van der Waals surface area contributed by atoms with E-state index in [1.54, 1.807) is 0 Å². The Morgan fingerprint density at radius 3 is 2.62 bits per heavy atom. The summed E-state index contributed by atoms with van der Waals surface area (Å²) >= 11 is 6.77. The number of carbonyl (C=O) groups excluding carboxylic acids is 1. The van der Waals surface area contributed by atoms with Crippen LogP contribution in [0.4, 0.5) is 0 Å². The number of halogens is 1. The smallest absolute Gasteiger partial charge is 0.227 e. The normalized spacial score (nSPS) is 44.3. The number of nitrogens with zero attached hydrogens (tertiary/aromatic N) is 3. The Morgan fingerprint density at radius 2 is 1.81 bits per heavy atom. The lowest BCUT2D eigenvalue weighted by Gasteiger charge is -2.50. The minimum Gasteiger partial charge on any atom is -0.350 e. The molecule has 37 heavy (non-hydrogen) atoms. The minimum atomic E-state index is -0.701. The monoisotopic (exact) mass is 536 g/mol. The van der Waals surface area contributed by atoms with Gasteiger partial charge in [-0.1, -0.05) is 6.42 Å². The molecular weight excluding hydrogens is 488 g/mol. The van der Waals surface area contributed by atoms with Gasteiger partial charge >= 0.3 is 0 Å². The summed E-state index contributed by atoms with van der Waals surface area (Å²) in [7, 11) is 2.23. The van der Waals surface area contributed by atoms with Crippen molar-refractivity contribution in [2.45, 2.75) is 80.7 Å². The lowest BCUT2D eigenvalue weighted by molar-refractivity contribution is -0.128. The first-order valence-electron chi connectivity index (χ1n) is 14.9. The molecule has 6 fully saturated rings. The van der Waals surface area contributed by atoms with E-state index in [0.717, 1.165) is 71.6 Å². The topological polar surface area (TPSA) is 115 Å². The summed E-state index contributed by atoms with van der Waals surface area (Å²) in [5, 5.41) is 10.7. The summed E-state index contributed by atoms with van der Waals surface area (Å²) in [6, 6.07) is 0.958. The van der Waals surface area contributed by atoms with E-state index in [-0.39, 0.29) is 23.4 Å². The second kappa shape index (κ2) is 10.5. The van der Waals surface area contributed by atoms with Crippen molar-refractivity contribution in [1.29, 1.82) is 0 Å². The number of carbonyl (C=O) groups is 1. The molecular formula is C27H49ClN8O. The van der Waals surface area contributed by atoms with Gasteiger partial charge in [0.15, 0.2) is 0 Å². The van der Waals surface area contributed by atoms with E-state index in [1.165, 1.54) is 25.7 Å². The third kappa shape index (κ3) is 5.08. The lowest BCUT2D eigenvalue weighted by atomic mass is 9.80. The highest BCUT2D eigenvalue weighted by Crippen LogP contribution is 2.78. The third-order valence-corrected chi connectivity index (χ3v) is 11.4. The molecule has 4 saturated heterocycles. The van der Waals surface area contributed by atoms with E-state index >= 15 is 0 Å². The zero-order valence-electron chi connectivity index (χ0n) is 22.6. The number of rotatable bonds is 5. The number of piperazine rings is 2. The van der Waals surface area contributed by atoms with Gasteiger partial charge in [-0.3, -0.25) is 14.6 Å². The van der Waals surface area contributed by atoms with Crippen molar-refractivity contribution >= 4 is 17.5 Å². The van der Waals surface area contributed by atoms with Crippen molar-refractivity contribution in [3.8, 4) is 0 Å². The number of piperidine rings is 1. The molecule has 4 aliphatic heterocycles. The van der Waals surface area contributed by atoms with Crippen molar-refractivity contribution < 1.29 is 4.79 Å². The van der Waals surface area contributed by atoms with E-state index < -0.39 is 12.1 Å². The van der Waals surface area contributed by atoms with Gasteiger partial charge in [-0.25, -0.2) is 0 Å². The van der Waals surface area contributed by atoms with E-state index in [1.807, 2.05) is 0 Å². The Labute approximate surface area is 227 Å². The average molecular weight is 537 g/mol. The second-order valence-corrected chi connectivity index (χ2v) is 14.0. The molecule has 4 heterocycles. The Kier molecular flexibility index (Phi) is 7.55. The fraction of sp³-hybridized carbons (Fsp3) is 0.963. The van der Waals surface area contributed by atoms with Crippen LogP contribution in [-0.4, -0.2) is 122 Å². The summed E-state index contributed by atoms with van der Waals surface area (Å²) in [6.45, 7) is 9.22. The largest absolute Gasteiger partial charge is 0.350 e. The number of likely N-dealkylation sites (N-methyl/N-ethyl adjacent to an activating group) is 1. The zero-order valence-corrected chi connectivity index (χ0v) is 23.4. The first kappa shape index (κ1) is 26.7. The van der Waals surface area contributed by atoms with Crippen LogP contribution in [0.2, 0.25) is 0 Å². The molecule has 0 aromatic carbocycles. The van der Waals surface area contributed by atoms with Gasteiger partial charge in [-0.2, -0.15) is 0 Å². The molecule has 8 unspecified atom stereocenters. The van der Waals surface area contributed by atoms with Gasteiger partial charge in [0.2, 0.25) is 5.91 Å². The molecule has 210 valence electrons. The number of alkyl halides is 1. The van der Waals surface area contributed by atoms with E-state index in [0.29, 0.717) is 29.5 Å². The quantitative estimate of drug-likeness (QED) is 0.237. The average Bonchev–Trinajstić information content (AvgIpc) is 3.31. The standard InChI is InChI=1S/C27H49ClN8O/c1-34-7-8-35-9-10-36(16-19(35)15-34)22-3-6-31-14-21(22)33-25(37)23(24(29)30)20-12-27-5-2-4-26(27,17-27)11-18(28)13-32-20/h18-24,31-32H,2-17,29-30H2,1H3,(H,33,37). The molecule has 0 aromatic heterocycles. The van der Waals surface area contributed by atoms with Gasteiger partial charge in [0, 0.05) is 75.9 Å². The van der Waals surface area contributed by atoms with Crippen molar-refractivity contribution in [2.75, 3.05) is 66.0 Å². The molecule has 9 nitrogen and oxygen atoms in total. The molecule has 2 aliphatic carbocycles. The predicted molar refractivity (Wildman–Crippen MR) is 147 cm³/mol. The number of hydrogen-bond acceptors (Lipinski definition) is 8. The molecule has 6 aliphatic rings. The van der Waals surface area contributed by atoms with Gasteiger partial charge in [0.1, 0.15) is 0 Å². The second-order valence-electron chi connectivity index (χ2n) is 13.3. The number of amides is 1. The zero-order chi connectivity index (χ0) is 25.8. The molecule has 7 N–H and O–H groups in total. The van der Waals surface area contributed by atoms with Gasteiger partial charge < -0.3 is 32.3 Å². The van der Waals surface area contributed by atoms with Crippen LogP contribution in [0.25, 0.3) is 0 Å². The van der Waals surface area contributed by atoms with Crippen molar-refractivity contribution in [3.63, 3.8) is 0 Å². The summed E-state index contributed by atoms with van der Waals surface area (Å²) in [4.78, 5) is 21.7. The van der Waals surface area contributed by atoms with Crippen molar-refractivity contribution in [3.05, 3.63) is 0 Å². The van der Waals surface area contributed by atoms with Gasteiger partial charge in [0.05, 0.1) is 18.1 Å². The summed E-state index contributed by atoms with van der Waals surface area (Å²) in [5.41, 5.74) is 13.4. The predicted octanol–water partition coefficient (Wildman–Crippen LogP) is -0.456. The molecule has 2 saturated carbocycles. The maximum atomic E-state index is 13.9. The SMILES string of the molecule is CN1CCN2CCN(C3CCNCC3NC(=O)C(C(N)N)C3CC45CCCC4(CC(Cl)CN3)C5)CC2C1. The van der Waals surface area contributed by atoms with E-state index in [9.17, 15) is 4.79 Å². The highest BCUT2D eigenvalue weighted by Gasteiger charge is 2.70. The molecule has 10 heteroatoms. The van der Waals surface area contributed by atoms with Crippen LogP contribution >= 0.6 is 11.6 Å². The van der Waals surface area contributed by atoms with Gasteiger partial charge in [0.25, 0.3) is 0 Å². The van der Waals surface area contributed by atoms with Crippen LogP contribution in [-0.2, 0) is 4.79 Å². The van der Waals surface area contributed by atoms with Gasteiger partial charge in [-0.15, -0.1) is 11.6 Å². The van der Waals surface area contributed by atoms with Crippen LogP contribution in [0, 0.1) is 16.7 Å². The number of nitrogens with two attached hydrogens (primary N) is 2. The summed E-state index contributed by atoms with van der Waals surface area (Å²) < 4.78 is 0. The maximum Gasteiger partial charge on any atom is 0.227 e. The number of fused-ring (bicyclic) bond motifs is 1. The van der Waals surface area contributed by atoms with Crippen LogP contribution in [0.5, 0.6) is 0 Å². The van der Waals surface area contributed by atoms with Crippen molar-refractivity contribution in [2.24, 2.45) is 28.2 Å². The Morgan fingerprint density at radius 1 is 1.05 bits per heavy atom. The maximum absolute atomic E-state index is 13.9. The molecule has 8 atom stereocenters. The Balaban J connectivity index is 1.14. The van der Waals surface area contributed by atoms with Gasteiger partial charge in [-0.05, 0) is 62.9 Å². The number of nitrogens with one attached hydrogen (secondary N) is 3.